The summed E-state index contributed by atoms with van der Waals surface area (Å²) in [5, 5.41) is 7.09. The van der Waals surface area contributed by atoms with Crippen molar-refractivity contribution in [1.82, 2.24) is 0 Å². The van der Waals surface area contributed by atoms with Crippen LogP contribution in [0.3, 0.4) is 0 Å². The summed E-state index contributed by atoms with van der Waals surface area (Å²) < 4.78 is 4.67. The topological polar surface area (TPSA) is 31.8 Å². The molecule has 0 unspecified atom stereocenters. The maximum Gasteiger partial charge on any atom is 0.170 e. The van der Waals surface area contributed by atoms with Crippen LogP contribution in [0.4, 0.5) is 11.4 Å². The van der Waals surface area contributed by atoms with Gasteiger partial charge in [0.2, 0.25) is 0 Å². The molecule has 0 bridgehead atoms. The molecule has 0 spiro atoms. The van der Waals surface area contributed by atoms with Gasteiger partial charge in [-0.1, -0.05) is 90.9 Å². The summed E-state index contributed by atoms with van der Waals surface area (Å²) in [5.41, 5.74) is 2.51. The van der Waals surface area contributed by atoms with Gasteiger partial charge in [-0.3, -0.25) is 0 Å². The minimum absolute atomic E-state index is 0. The van der Waals surface area contributed by atoms with Crippen LogP contribution in [0.2, 0.25) is 0 Å². The molecule has 0 aliphatic heterocycles. The number of rotatable bonds is 25. The lowest BCUT2D eigenvalue weighted by Crippen LogP contribution is -3.00. The van der Waals surface area contributed by atoms with Gasteiger partial charge in [-0.2, -0.15) is 0 Å². The second kappa shape index (κ2) is 28.0. The number of hydrogen-bond donors (Lipinski definition) is 2. The van der Waals surface area contributed by atoms with E-state index in [-0.39, 0.29) is 34.0 Å². The van der Waals surface area contributed by atoms with Crippen molar-refractivity contribution >= 4 is 11.4 Å². The van der Waals surface area contributed by atoms with Gasteiger partial charge < -0.3 is 44.6 Å². The standard InChI is InChI=1S/C34H58N4.2BrH/c1-3-5-7-17-25-35-33-21-29-37(30-22-33)27-19-15-13-11-9-10-12-14-16-20-28-38-31-23-34(24-32-38)36-26-18-8-6-4-2;;/h21-24,29-32H,3-20,25-28H2,1-2H3;2*1H. The van der Waals surface area contributed by atoms with Crippen LogP contribution in [0.25, 0.3) is 0 Å². The number of pyridine rings is 2. The minimum Gasteiger partial charge on any atom is -1.00 e. The molecule has 4 nitrogen and oxygen atoms in total. The summed E-state index contributed by atoms with van der Waals surface area (Å²) in [5.74, 6) is 0. The Morgan fingerprint density at radius 3 is 1.05 bits per heavy atom. The molecule has 2 N–H and O–H groups in total. The van der Waals surface area contributed by atoms with Crippen LogP contribution in [0.1, 0.15) is 129 Å². The van der Waals surface area contributed by atoms with E-state index in [0.717, 1.165) is 26.2 Å². The molecule has 6 heteroatoms. The average Bonchev–Trinajstić information content (AvgIpc) is 2.95. The summed E-state index contributed by atoms with van der Waals surface area (Å²) in [4.78, 5) is 0. The van der Waals surface area contributed by atoms with Gasteiger partial charge in [0, 0.05) is 61.6 Å². The van der Waals surface area contributed by atoms with Crippen molar-refractivity contribution in [3.63, 3.8) is 0 Å². The van der Waals surface area contributed by atoms with Gasteiger partial charge in [-0.25, -0.2) is 9.13 Å². The Balaban J connectivity index is 0.00000760. The van der Waals surface area contributed by atoms with Gasteiger partial charge in [0.1, 0.15) is 13.1 Å². The zero-order valence-corrected chi connectivity index (χ0v) is 29.0. The number of nitrogens with one attached hydrogen (secondary N) is 2. The average molecular weight is 685 g/mol. The molecule has 0 aliphatic carbocycles. The number of halogens is 2. The van der Waals surface area contributed by atoms with Crippen LogP contribution in [-0.4, -0.2) is 13.1 Å². The van der Waals surface area contributed by atoms with E-state index in [9.17, 15) is 0 Å². The Hall–Kier alpha value is -1.14. The van der Waals surface area contributed by atoms with Crippen LogP contribution in [0, 0.1) is 0 Å². The summed E-state index contributed by atoms with van der Waals surface area (Å²) in [6, 6.07) is 8.90. The summed E-state index contributed by atoms with van der Waals surface area (Å²) >= 11 is 0. The summed E-state index contributed by atoms with van der Waals surface area (Å²) in [6.45, 7) is 9.01. The third-order valence-corrected chi connectivity index (χ3v) is 7.58. The van der Waals surface area contributed by atoms with Gasteiger partial charge >= 0.3 is 0 Å². The normalized spacial score (nSPS) is 10.6. The minimum atomic E-state index is 0. The number of anilines is 2. The van der Waals surface area contributed by atoms with Crippen molar-refractivity contribution in [1.29, 1.82) is 0 Å². The molecule has 2 aromatic rings. The largest absolute Gasteiger partial charge is 1.00 e. The number of aromatic nitrogens is 2. The van der Waals surface area contributed by atoms with Gasteiger partial charge in [-0.05, 0) is 25.7 Å². The highest BCUT2D eigenvalue weighted by molar-refractivity contribution is 5.40. The van der Waals surface area contributed by atoms with E-state index in [1.54, 1.807) is 0 Å². The van der Waals surface area contributed by atoms with Crippen molar-refractivity contribution in [2.24, 2.45) is 0 Å². The monoisotopic (exact) mass is 682 g/mol. The zero-order valence-electron chi connectivity index (χ0n) is 25.8. The van der Waals surface area contributed by atoms with Crippen LogP contribution in [-0.2, 0) is 13.1 Å². The Labute approximate surface area is 268 Å². The highest BCUT2D eigenvalue weighted by Gasteiger charge is 2.03. The lowest BCUT2D eigenvalue weighted by atomic mass is 10.1. The van der Waals surface area contributed by atoms with E-state index < -0.39 is 0 Å². The number of nitrogens with zero attached hydrogens (tertiary/aromatic N) is 2. The highest BCUT2D eigenvalue weighted by Crippen LogP contribution is 2.11. The first-order valence-electron chi connectivity index (χ1n) is 16.3. The maximum atomic E-state index is 3.55. The third kappa shape index (κ3) is 20.7. The van der Waals surface area contributed by atoms with E-state index in [1.807, 2.05) is 0 Å². The SMILES string of the molecule is CCCCCCNc1cc[n+](CCCCCCCCCCCC[n+]2ccc(NCCCCCC)cc2)cc1.[Br-].[Br-]. The van der Waals surface area contributed by atoms with Gasteiger partial charge in [-0.15, -0.1) is 0 Å². The second-order valence-corrected chi connectivity index (χ2v) is 11.2. The predicted octanol–water partition coefficient (Wildman–Crippen LogP) is 2.86. The maximum absolute atomic E-state index is 3.55. The van der Waals surface area contributed by atoms with Crippen LogP contribution in [0.15, 0.2) is 49.1 Å². The second-order valence-electron chi connectivity index (χ2n) is 11.2. The molecule has 0 fully saturated rings. The fourth-order valence-corrected chi connectivity index (χ4v) is 5.02. The van der Waals surface area contributed by atoms with E-state index in [1.165, 1.54) is 127 Å². The first-order valence-corrected chi connectivity index (χ1v) is 16.3. The molecule has 0 aromatic carbocycles. The molecule has 0 radical (unpaired) electrons. The van der Waals surface area contributed by atoms with E-state index in [0.29, 0.717) is 0 Å². The van der Waals surface area contributed by atoms with Crippen molar-refractivity contribution < 1.29 is 43.1 Å². The highest BCUT2D eigenvalue weighted by atomic mass is 79.9. The van der Waals surface area contributed by atoms with Crippen molar-refractivity contribution in [3.05, 3.63) is 49.1 Å². The lowest BCUT2D eigenvalue weighted by Gasteiger charge is -2.05. The quantitative estimate of drug-likeness (QED) is 0.125. The third-order valence-electron chi connectivity index (χ3n) is 7.58. The number of unbranched alkanes of at least 4 members (excludes halogenated alkanes) is 15. The van der Waals surface area contributed by atoms with Crippen LogP contribution >= 0.6 is 0 Å². The smallest absolute Gasteiger partial charge is 0.170 e. The molecule has 2 rings (SSSR count). The molecule has 0 amide bonds. The van der Waals surface area contributed by atoms with Gasteiger partial charge in [0.05, 0.1) is 0 Å². The summed E-state index contributed by atoms with van der Waals surface area (Å²) in [7, 11) is 0. The molecule has 0 saturated carbocycles. The molecule has 0 atom stereocenters. The fraction of sp³-hybridized carbons (Fsp3) is 0.706. The van der Waals surface area contributed by atoms with Crippen LogP contribution < -0.4 is 53.7 Å². The molecule has 2 aromatic heterocycles. The molecule has 230 valence electrons. The van der Waals surface area contributed by atoms with E-state index in [4.69, 9.17) is 0 Å². The predicted molar refractivity (Wildman–Crippen MR) is 165 cm³/mol. The lowest BCUT2D eigenvalue weighted by molar-refractivity contribution is -0.697. The molecule has 40 heavy (non-hydrogen) atoms. The van der Waals surface area contributed by atoms with Crippen molar-refractivity contribution in [2.75, 3.05) is 23.7 Å². The summed E-state index contributed by atoms with van der Waals surface area (Å²) in [6.07, 6.45) is 33.2. The first-order chi connectivity index (χ1) is 18.8. The van der Waals surface area contributed by atoms with Gasteiger partial charge in [0.15, 0.2) is 24.8 Å². The van der Waals surface area contributed by atoms with E-state index >= 15 is 0 Å². The molecule has 0 saturated heterocycles. The Morgan fingerprint density at radius 1 is 0.425 bits per heavy atom. The number of hydrogen-bond acceptors (Lipinski definition) is 2. The molecule has 0 aliphatic rings. The first kappa shape index (κ1) is 38.9. The Morgan fingerprint density at radius 2 is 0.725 bits per heavy atom. The van der Waals surface area contributed by atoms with Crippen molar-refractivity contribution in [3.8, 4) is 0 Å². The number of aryl methyl sites for hydroxylation is 2. The molecular weight excluding hydrogens is 624 g/mol. The van der Waals surface area contributed by atoms with E-state index in [2.05, 4.69) is 82.7 Å². The molecular formula is C34H60Br2N4. The Kier molecular flexibility index (Phi) is 27.2. The Bertz CT molecular complexity index is 716. The molecule has 2 heterocycles. The van der Waals surface area contributed by atoms with Crippen molar-refractivity contribution in [2.45, 2.75) is 143 Å². The van der Waals surface area contributed by atoms with Crippen LogP contribution in [0.5, 0.6) is 0 Å². The fourth-order valence-electron chi connectivity index (χ4n) is 5.02. The zero-order chi connectivity index (χ0) is 26.9. The van der Waals surface area contributed by atoms with Gasteiger partial charge in [0.25, 0.3) is 0 Å².